The summed E-state index contributed by atoms with van der Waals surface area (Å²) in [6.45, 7) is 1.93. The van der Waals surface area contributed by atoms with Crippen LogP contribution in [0, 0.1) is 6.92 Å². The molecule has 104 valence electrons. The van der Waals surface area contributed by atoms with Gasteiger partial charge in [-0.3, -0.25) is 4.79 Å². The first-order chi connectivity index (χ1) is 9.60. The number of Topliss-reactive ketones (excluding diaryl/α,β-unsaturated/α-hetero) is 1. The summed E-state index contributed by atoms with van der Waals surface area (Å²) in [4.78, 5) is 12.2. The third-order valence-corrected chi connectivity index (χ3v) is 3.35. The molecule has 2 rings (SSSR count). The van der Waals surface area contributed by atoms with Gasteiger partial charge in [-0.15, -0.1) is 0 Å². The zero-order chi connectivity index (χ0) is 14.5. The van der Waals surface area contributed by atoms with E-state index in [4.69, 9.17) is 10.5 Å². The van der Waals surface area contributed by atoms with Crippen molar-refractivity contribution in [2.75, 3.05) is 12.8 Å². The zero-order valence-electron chi connectivity index (χ0n) is 11.8. The third kappa shape index (κ3) is 3.38. The standard InChI is InChI=1S/C17H19NO2/c1-12-11-15(20-2)8-9-16(12)17(19)10-5-13-3-6-14(18)7-4-13/h3-4,6-9,11H,5,10,18H2,1-2H3. The number of benzene rings is 2. The number of aryl methyl sites for hydroxylation is 2. The Labute approximate surface area is 119 Å². The molecule has 0 aliphatic heterocycles. The molecular formula is C17H19NO2. The van der Waals surface area contributed by atoms with Crippen molar-refractivity contribution in [1.29, 1.82) is 0 Å². The highest BCUT2D eigenvalue weighted by molar-refractivity contribution is 5.97. The second-order valence-corrected chi connectivity index (χ2v) is 4.85. The van der Waals surface area contributed by atoms with Gasteiger partial charge in [-0.1, -0.05) is 12.1 Å². The molecule has 0 radical (unpaired) electrons. The van der Waals surface area contributed by atoms with E-state index in [0.717, 1.165) is 34.5 Å². The van der Waals surface area contributed by atoms with Crippen molar-refractivity contribution < 1.29 is 9.53 Å². The Balaban J connectivity index is 2.03. The molecule has 0 aromatic heterocycles. The fraction of sp³-hybridized carbons (Fsp3) is 0.235. The molecule has 0 saturated carbocycles. The van der Waals surface area contributed by atoms with Gasteiger partial charge in [0.25, 0.3) is 0 Å². The van der Waals surface area contributed by atoms with E-state index in [1.54, 1.807) is 7.11 Å². The summed E-state index contributed by atoms with van der Waals surface area (Å²) in [7, 11) is 1.62. The number of hydrogen-bond acceptors (Lipinski definition) is 3. The zero-order valence-corrected chi connectivity index (χ0v) is 11.8. The Morgan fingerprint density at radius 1 is 1.15 bits per heavy atom. The van der Waals surface area contributed by atoms with E-state index < -0.39 is 0 Å². The van der Waals surface area contributed by atoms with Crippen LogP contribution in [0.3, 0.4) is 0 Å². The fourth-order valence-corrected chi connectivity index (χ4v) is 2.15. The molecule has 0 bridgehead atoms. The normalized spacial score (nSPS) is 10.3. The van der Waals surface area contributed by atoms with Crippen LogP contribution in [0.1, 0.15) is 27.9 Å². The first-order valence-corrected chi connectivity index (χ1v) is 6.62. The molecule has 0 aliphatic carbocycles. The van der Waals surface area contributed by atoms with Crippen molar-refractivity contribution in [3.8, 4) is 5.75 Å². The highest BCUT2D eigenvalue weighted by Gasteiger charge is 2.10. The van der Waals surface area contributed by atoms with Gasteiger partial charge in [-0.2, -0.15) is 0 Å². The number of nitrogens with two attached hydrogens (primary N) is 1. The van der Waals surface area contributed by atoms with Crippen LogP contribution in [0.15, 0.2) is 42.5 Å². The SMILES string of the molecule is COc1ccc(C(=O)CCc2ccc(N)cc2)c(C)c1. The average molecular weight is 269 g/mol. The van der Waals surface area contributed by atoms with Crippen LogP contribution in [-0.4, -0.2) is 12.9 Å². The van der Waals surface area contributed by atoms with Crippen LogP contribution in [0.4, 0.5) is 5.69 Å². The third-order valence-electron chi connectivity index (χ3n) is 3.35. The quantitative estimate of drug-likeness (QED) is 0.668. The van der Waals surface area contributed by atoms with Crippen LogP contribution in [0.25, 0.3) is 0 Å². The fourth-order valence-electron chi connectivity index (χ4n) is 2.15. The predicted molar refractivity (Wildman–Crippen MR) is 81.2 cm³/mol. The van der Waals surface area contributed by atoms with E-state index in [2.05, 4.69) is 0 Å². The molecule has 2 N–H and O–H groups in total. The minimum Gasteiger partial charge on any atom is -0.497 e. The Bertz CT molecular complexity index is 603. The topological polar surface area (TPSA) is 52.3 Å². The van der Waals surface area contributed by atoms with Crippen LogP contribution in [0.5, 0.6) is 5.75 Å². The van der Waals surface area contributed by atoms with Crippen LogP contribution in [-0.2, 0) is 6.42 Å². The van der Waals surface area contributed by atoms with Gasteiger partial charge in [-0.25, -0.2) is 0 Å². The molecule has 0 unspecified atom stereocenters. The lowest BCUT2D eigenvalue weighted by atomic mass is 9.99. The number of rotatable bonds is 5. The van der Waals surface area contributed by atoms with Crippen LogP contribution < -0.4 is 10.5 Å². The van der Waals surface area contributed by atoms with E-state index in [-0.39, 0.29) is 5.78 Å². The summed E-state index contributed by atoms with van der Waals surface area (Å²) in [5, 5.41) is 0. The number of hydrogen-bond donors (Lipinski definition) is 1. The lowest BCUT2D eigenvalue weighted by Crippen LogP contribution is -2.04. The predicted octanol–water partition coefficient (Wildman–Crippen LogP) is 3.40. The number of ether oxygens (including phenoxy) is 1. The van der Waals surface area contributed by atoms with Crippen molar-refractivity contribution >= 4 is 11.5 Å². The van der Waals surface area contributed by atoms with Crippen molar-refractivity contribution in [3.05, 3.63) is 59.2 Å². The maximum Gasteiger partial charge on any atom is 0.163 e. The number of carbonyl (C=O) groups is 1. The Morgan fingerprint density at radius 2 is 1.85 bits per heavy atom. The number of methoxy groups -OCH3 is 1. The van der Waals surface area contributed by atoms with Gasteiger partial charge in [0.05, 0.1) is 7.11 Å². The van der Waals surface area contributed by atoms with E-state index >= 15 is 0 Å². The molecule has 3 heteroatoms. The van der Waals surface area contributed by atoms with E-state index in [1.165, 1.54) is 0 Å². The summed E-state index contributed by atoms with van der Waals surface area (Å²) in [6.07, 6.45) is 1.22. The van der Waals surface area contributed by atoms with Gasteiger partial charge >= 0.3 is 0 Å². The van der Waals surface area contributed by atoms with Crippen molar-refractivity contribution in [2.24, 2.45) is 0 Å². The van der Waals surface area contributed by atoms with Crippen LogP contribution >= 0.6 is 0 Å². The minimum atomic E-state index is 0.155. The number of anilines is 1. The summed E-state index contributed by atoms with van der Waals surface area (Å²) in [5.74, 6) is 0.930. The molecule has 0 saturated heterocycles. The largest absolute Gasteiger partial charge is 0.497 e. The smallest absolute Gasteiger partial charge is 0.163 e. The summed E-state index contributed by atoms with van der Waals surface area (Å²) in [6, 6.07) is 13.2. The average Bonchev–Trinajstić information content (AvgIpc) is 2.46. The maximum atomic E-state index is 12.2. The molecule has 2 aromatic carbocycles. The van der Waals surface area contributed by atoms with Gasteiger partial charge in [0.15, 0.2) is 5.78 Å². The summed E-state index contributed by atoms with van der Waals surface area (Å²) < 4.78 is 5.15. The Morgan fingerprint density at radius 3 is 2.45 bits per heavy atom. The molecule has 3 nitrogen and oxygen atoms in total. The molecule has 2 aromatic rings. The molecule has 0 atom stereocenters. The van der Waals surface area contributed by atoms with E-state index in [1.807, 2.05) is 49.4 Å². The number of ketones is 1. The van der Waals surface area contributed by atoms with Crippen molar-refractivity contribution in [1.82, 2.24) is 0 Å². The Hall–Kier alpha value is -2.29. The second-order valence-electron chi connectivity index (χ2n) is 4.85. The monoisotopic (exact) mass is 269 g/mol. The van der Waals surface area contributed by atoms with Crippen LogP contribution in [0.2, 0.25) is 0 Å². The molecule has 0 amide bonds. The summed E-state index contributed by atoms with van der Waals surface area (Å²) in [5.41, 5.74) is 9.22. The Kier molecular flexibility index (Phi) is 4.41. The van der Waals surface area contributed by atoms with Gasteiger partial charge < -0.3 is 10.5 Å². The lowest BCUT2D eigenvalue weighted by molar-refractivity contribution is 0.0982. The highest BCUT2D eigenvalue weighted by atomic mass is 16.5. The van der Waals surface area contributed by atoms with Gasteiger partial charge in [0, 0.05) is 17.7 Å². The first-order valence-electron chi connectivity index (χ1n) is 6.62. The second kappa shape index (κ2) is 6.24. The van der Waals surface area contributed by atoms with E-state index in [0.29, 0.717) is 6.42 Å². The van der Waals surface area contributed by atoms with Crippen molar-refractivity contribution in [2.45, 2.75) is 19.8 Å². The van der Waals surface area contributed by atoms with Gasteiger partial charge in [-0.05, 0) is 54.8 Å². The molecular weight excluding hydrogens is 250 g/mol. The highest BCUT2D eigenvalue weighted by Crippen LogP contribution is 2.19. The number of carbonyl (C=O) groups excluding carboxylic acids is 1. The first kappa shape index (κ1) is 14.1. The lowest BCUT2D eigenvalue weighted by Gasteiger charge is -2.07. The minimum absolute atomic E-state index is 0.155. The molecule has 0 fully saturated rings. The summed E-state index contributed by atoms with van der Waals surface area (Å²) >= 11 is 0. The van der Waals surface area contributed by atoms with Gasteiger partial charge in [0.2, 0.25) is 0 Å². The molecule has 0 spiro atoms. The molecule has 0 heterocycles. The van der Waals surface area contributed by atoms with E-state index in [9.17, 15) is 4.79 Å². The van der Waals surface area contributed by atoms with Gasteiger partial charge in [0.1, 0.15) is 5.75 Å². The molecule has 0 aliphatic rings. The number of nitrogen functional groups attached to an aromatic ring is 1. The van der Waals surface area contributed by atoms with Crippen molar-refractivity contribution in [3.63, 3.8) is 0 Å². The maximum absolute atomic E-state index is 12.2. The molecule has 20 heavy (non-hydrogen) atoms.